The van der Waals surface area contributed by atoms with Gasteiger partial charge in [0.05, 0.1) is 26.3 Å². The van der Waals surface area contributed by atoms with Gasteiger partial charge >= 0.3 is 12.2 Å². The SMILES string of the molecule is COC(=O)N[C@H](C(=O)N1CCCC1C1=CC=C(c2ccc(-c3ccc(C4=CC=C([C@@H]5CCCN5C(=O)[C@@H](NC(=O)OC)C(C)C)C4)cc3)cc2)C1)C(C)C. The van der Waals surface area contributed by atoms with E-state index in [4.69, 9.17) is 9.47 Å². The van der Waals surface area contributed by atoms with Crippen LogP contribution in [-0.2, 0) is 19.1 Å². The van der Waals surface area contributed by atoms with Gasteiger partial charge in [0.2, 0.25) is 11.8 Å². The number of ether oxygens (including phenoxy) is 2. The fourth-order valence-electron chi connectivity index (χ4n) is 8.29. The zero-order valence-electron chi connectivity index (χ0n) is 32.4. The highest BCUT2D eigenvalue weighted by Crippen LogP contribution is 2.38. The molecule has 10 nitrogen and oxygen atoms in total. The van der Waals surface area contributed by atoms with Crippen LogP contribution >= 0.6 is 0 Å². The molecule has 10 heteroatoms. The lowest BCUT2D eigenvalue weighted by molar-refractivity contribution is -0.135. The first-order valence-electron chi connectivity index (χ1n) is 19.3. The summed E-state index contributed by atoms with van der Waals surface area (Å²) in [5.74, 6) is -0.222. The molecular formula is C44H54N4O6. The molecule has 0 bridgehead atoms. The summed E-state index contributed by atoms with van der Waals surface area (Å²) in [6.45, 7) is 9.11. The maximum absolute atomic E-state index is 13.6. The van der Waals surface area contributed by atoms with Crippen molar-refractivity contribution in [2.24, 2.45) is 11.8 Å². The third-order valence-electron chi connectivity index (χ3n) is 11.3. The maximum Gasteiger partial charge on any atom is 0.407 e. The summed E-state index contributed by atoms with van der Waals surface area (Å²) in [5.41, 5.74) is 9.55. The summed E-state index contributed by atoms with van der Waals surface area (Å²) >= 11 is 0. The number of benzene rings is 2. The van der Waals surface area contributed by atoms with Gasteiger partial charge in [-0.15, -0.1) is 0 Å². The molecule has 0 saturated carbocycles. The summed E-state index contributed by atoms with van der Waals surface area (Å²) in [5, 5.41) is 5.48. The number of methoxy groups -OCH3 is 2. The lowest BCUT2D eigenvalue weighted by Crippen LogP contribution is -2.52. The van der Waals surface area contributed by atoms with E-state index in [1.54, 1.807) is 0 Å². The fraction of sp³-hybridized carbons (Fsp3) is 0.455. The summed E-state index contributed by atoms with van der Waals surface area (Å²) in [6, 6.07) is 16.2. The minimum Gasteiger partial charge on any atom is -0.453 e. The summed E-state index contributed by atoms with van der Waals surface area (Å²) < 4.78 is 9.56. The predicted molar refractivity (Wildman–Crippen MR) is 211 cm³/mol. The first-order chi connectivity index (χ1) is 26.0. The molecule has 286 valence electrons. The van der Waals surface area contributed by atoms with E-state index in [0.29, 0.717) is 13.1 Å². The number of carbonyl (C=O) groups is 4. The third-order valence-corrected chi connectivity index (χ3v) is 11.3. The maximum atomic E-state index is 13.6. The molecule has 6 rings (SSSR count). The Labute approximate surface area is 319 Å². The molecule has 4 atom stereocenters. The summed E-state index contributed by atoms with van der Waals surface area (Å²) in [7, 11) is 2.63. The lowest BCUT2D eigenvalue weighted by Gasteiger charge is -2.31. The van der Waals surface area contributed by atoms with Crippen molar-refractivity contribution in [3.63, 3.8) is 0 Å². The Bertz CT molecular complexity index is 1720. The van der Waals surface area contributed by atoms with Crippen LogP contribution < -0.4 is 10.6 Å². The van der Waals surface area contributed by atoms with Crippen molar-refractivity contribution in [1.29, 1.82) is 0 Å². The number of likely N-dealkylation sites (tertiary alicyclic amines) is 2. The molecule has 2 saturated heterocycles. The average Bonchev–Trinajstić information content (AvgIpc) is 4.02. The molecular weight excluding hydrogens is 681 g/mol. The van der Waals surface area contributed by atoms with Gasteiger partial charge in [-0.05, 0) is 94.9 Å². The zero-order chi connectivity index (χ0) is 38.5. The molecule has 2 aromatic carbocycles. The molecule has 1 unspecified atom stereocenters. The zero-order valence-corrected chi connectivity index (χ0v) is 32.4. The molecule has 0 radical (unpaired) electrons. The Morgan fingerprint density at radius 1 is 0.574 bits per heavy atom. The number of allylic oxidation sites excluding steroid dienone is 6. The molecule has 2 heterocycles. The number of alkyl carbamates (subject to hydrolysis) is 2. The van der Waals surface area contributed by atoms with Gasteiger partial charge in [0, 0.05) is 13.1 Å². The molecule has 2 N–H and O–H groups in total. The van der Waals surface area contributed by atoms with Gasteiger partial charge in [-0.25, -0.2) is 9.59 Å². The van der Waals surface area contributed by atoms with Crippen molar-refractivity contribution in [2.45, 2.75) is 90.4 Å². The van der Waals surface area contributed by atoms with Gasteiger partial charge < -0.3 is 29.9 Å². The van der Waals surface area contributed by atoms with E-state index in [0.717, 1.165) is 49.7 Å². The van der Waals surface area contributed by atoms with E-state index in [9.17, 15) is 19.2 Å². The van der Waals surface area contributed by atoms with Gasteiger partial charge in [-0.2, -0.15) is 0 Å². The predicted octanol–water partition coefficient (Wildman–Crippen LogP) is 7.52. The Morgan fingerprint density at radius 3 is 1.26 bits per heavy atom. The first-order valence-corrected chi connectivity index (χ1v) is 19.3. The van der Waals surface area contributed by atoms with Crippen LogP contribution in [0, 0.1) is 11.8 Å². The molecule has 0 aromatic heterocycles. The molecule has 54 heavy (non-hydrogen) atoms. The highest BCUT2D eigenvalue weighted by atomic mass is 16.5. The molecule has 2 aliphatic heterocycles. The lowest BCUT2D eigenvalue weighted by atomic mass is 9.94. The second-order valence-electron chi connectivity index (χ2n) is 15.5. The average molecular weight is 735 g/mol. The van der Waals surface area contributed by atoms with Crippen LogP contribution in [-0.4, -0.2) is 85.3 Å². The fourth-order valence-corrected chi connectivity index (χ4v) is 8.29. The largest absolute Gasteiger partial charge is 0.453 e. The highest BCUT2D eigenvalue weighted by Gasteiger charge is 2.39. The summed E-state index contributed by atoms with van der Waals surface area (Å²) in [4.78, 5) is 54.9. The minimum atomic E-state index is -0.625. The first kappa shape index (κ1) is 38.6. The Balaban J connectivity index is 1.04. The Kier molecular flexibility index (Phi) is 12.1. The number of amides is 4. The molecule has 2 fully saturated rings. The van der Waals surface area contributed by atoms with Crippen LogP contribution in [0.3, 0.4) is 0 Å². The number of nitrogens with one attached hydrogen (secondary N) is 2. The topological polar surface area (TPSA) is 117 Å². The van der Waals surface area contributed by atoms with Crippen LogP contribution in [0.1, 0.15) is 77.3 Å². The van der Waals surface area contributed by atoms with E-state index in [2.05, 4.69) is 83.5 Å². The van der Waals surface area contributed by atoms with Crippen molar-refractivity contribution >= 4 is 35.1 Å². The van der Waals surface area contributed by atoms with Gasteiger partial charge in [0.15, 0.2) is 0 Å². The van der Waals surface area contributed by atoms with Crippen molar-refractivity contribution < 1.29 is 28.7 Å². The van der Waals surface area contributed by atoms with E-state index in [1.165, 1.54) is 47.6 Å². The number of hydrogen-bond acceptors (Lipinski definition) is 6. The standard InChI is InChI=1S/C44H54N4O6/c1-27(2)39(45-43(51)53-5)41(49)47-23-7-9-37(47)35-21-19-33(25-35)31-15-11-29(12-16-31)30-13-17-32(18-14-30)34-20-22-36(26-34)38-10-8-24-48(38)42(50)40(28(3)4)46-44(52)54-6/h11-22,27-28,37-40H,7-10,23-26H2,1-6H3,(H,45,51)(H,46,52)/t37-,38?,39-,40-/m0/s1. The highest BCUT2D eigenvalue weighted by molar-refractivity contribution is 5.88. The molecule has 2 aromatic rings. The van der Waals surface area contributed by atoms with Crippen LogP contribution in [0.15, 0.2) is 84.0 Å². The Hall–Kier alpha value is -5.12. The second-order valence-corrected chi connectivity index (χ2v) is 15.5. The molecule has 2 aliphatic carbocycles. The van der Waals surface area contributed by atoms with Gasteiger partial charge in [0.25, 0.3) is 0 Å². The number of nitrogens with zero attached hydrogens (tertiary/aromatic N) is 2. The van der Waals surface area contributed by atoms with Crippen molar-refractivity contribution in [3.8, 4) is 11.1 Å². The normalized spacial score (nSPS) is 20.7. The number of carbonyl (C=O) groups excluding carboxylic acids is 4. The minimum absolute atomic E-state index is 0.0261. The summed E-state index contributed by atoms with van der Waals surface area (Å²) in [6.07, 6.45) is 12.8. The van der Waals surface area contributed by atoms with Crippen LogP contribution in [0.25, 0.3) is 22.3 Å². The number of hydrogen-bond donors (Lipinski definition) is 2. The smallest absolute Gasteiger partial charge is 0.407 e. The van der Waals surface area contributed by atoms with E-state index in [1.807, 2.05) is 37.5 Å². The van der Waals surface area contributed by atoms with Crippen LogP contribution in [0.4, 0.5) is 9.59 Å². The Morgan fingerprint density at radius 2 is 0.926 bits per heavy atom. The monoisotopic (exact) mass is 734 g/mol. The molecule has 0 spiro atoms. The second kappa shape index (κ2) is 16.9. The van der Waals surface area contributed by atoms with E-state index >= 15 is 0 Å². The van der Waals surface area contributed by atoms with Gasteiger partial charge in [0.1, 0.15) is 12.1 Å². The van der Waals surface area contributed by atoms with Crippen molar-refractivity contribution in [2.75, 3.05) is 27.3 Å². The molecule has 4 amide bonds. The van der Waals surface area contributed by atoms with E-state index < -0.39 is 24.3 Å². The quantitative estimate of drug-likeness (QED) is 0.247. The third kappa shape index (κ3) is 8.32. The van der Waals surface area contributed by atoms with Gasteiger partial charge in [-0.1, -0.05) is 101 Å². The van der Waals surface area contributed by atoms with E-state index in [-0.39, 0.29) is 35.7 Å². The van der Waals surface area contributed by atoms with Crippen LogP contribution in [0.5, 0.6) is 0 Å². The van der Waals surface area contributed by atoms with Crippen molar-refractivity contribution in [3.05, 3.63) is 95.1 Å². The number of rotatable bonds is 11. The van der Waals surface area contributed by atoms with Gasteiger partial charge in [-0.3, -0.25) is 9.59 Å². The van der Waals surface area contributed by atoms with Crippen molar-refractivity contribution in [1.82, 2.24) is 20.4 Å². The van der Waals surface area contributed by atoms with Crippen LogP contribution in [0.2, 0.25) is 0 Å². The molecule has 4 aliphatic rings.